The van der Waals surface area contributed by atoms with Crippen LogP contribution in [0.4, 0.5) is 22.7 Å². The van der Waals surface area contributed by atoms with Crippen molar-refractivity contribution in [3.05, 3.63) is 131 Å². The van der Waals surface area contributed by atoms with Crippen LogP contribution >= 0.6 is 0 Å². The van der Waals surface area contributed by atoms with Gasteiger partial charge in [0.2, 0.25) is 0 Å². The van der Waals surface area contributed by atoms with Gasteiger partial charge in [0.1, 0.15) is 11.5 Å². The minimum atomic E-state index is -0.0681. The SMILES string of the molecule is COc1ccc2c(c1)-c1ccccc1B1N2c2c3c4cc(C)c(C)cc4n4c3c(c3c5cc(C)c(C)cc5n1c23)N1B4c2ccccc2-c2cc(OC)ccc21. The molecule has 0 bridgehead atoms. The summed E-state index contributed by atoms with van der Waals surface area (Å²) in [4.78, 5) is 5.33. The van der Waals surface area contributed by atoms with E-state index < -0.39 is 0 Å². The zero-order chi connectivity index (χ0) is 37.5. The van der Waals surface area contributed by atoms with Gasteiger partial charge in [-0.05, 0) is 133 Å². The summed E-state index contributed by atoms with van der Waals surface area (Å²) in [7, 11) is 3.53. The summed E-state index contributed by atoms with van der Waals surface area (Å²) < 4.78 is 17.1. The molecule has 6 heterocycles. The molecule has 8 heteroatoms. The van der Waals surface area contributed by atoms with Gasteiger partial charge < -0.3 is 28.1 Å². The highest BCUT2D eigenvalue weighted by atomic mass is 16.5. The summed E-state index contributed by atoms with van der Waals surface area (Å²) in [5, 5.41) is 5.23. The molecule has 0 N–H and O–H groups in total. The van der Waals surface area contributed by atoms with Crippen molar-refractivity contribution in [3.8, 4) is 33.8 Å². The monoisotopic (exact) mass is 722 g/mol. The zero-order valence-electron chi connectivity index (χ0n) is 32.2. The number of ether oxygens (including phenoxy) is 2. The second-order valence-electron chi connectivity index (χ2n) is 16.2. The smallest absolute Gasteiger partial charge is 0.421 e. The first-order valence-electron chi connectivity index (χ1n) is 19.6. The van der Waals surface area contributed by atoms with Crippen molar-refractivity contribution in [3.63, 3.8) is 0 Å². The molecular formula is C48H36B2N4O2. The van der Waals surface area contributed by atoms with E-state index in [4.69, 9.17) is 9.47 Å². The van der Waals surface area contributed by atoms with Gasteiger partial charge in [-0.1, -0.05) is 48.5 Å². The Morgan fingerprint density at radius 3 is 1.29 bits per heavy atom. The molecule has 0 saturated heterocycles. The van der Waals surface area contributed by atoms with Crippen molar-refractivity contribution in [1.29, 1.82) is 0 Å². The number of benzene rings is 7. The number of rotatable bonds is 2. The summed E-state index contributed by atoms with van der Waals surface area (Å²) >= 11 is 0. The van der Waals surface area contributed by atoms with Crippen LogP contribution < -0.4 is 30.0 Å². The van der Waals surface area contributed by atoms with Gasteiger partial charge in [0.25, 0.3) is 0 Å². The Morgan fingerprint density at radius 1 is 0.446 bits per heavy atom. The summed E-state index contributed by atoms with van der Waals surface area (Å²) in [6.07, 6.45) is 0. The van der Waals surface area contributed by atoms with Crippen molar-refractivity contribution in [2.75, 3.05) is 23.8 Å². The third kappa shape index (κ3) is 3.41. The van der Waals surface area contributed by atoms with E-state index in [9.17, 15) is 0 Å². The normalized spacial score (nSPS) is 14.1. The van der Waals surface area contributed by atoms with Gasteiger partial charge in [0.05, 0.1) is 36.6 Å². The largest absolute Gasteiger partial charge is 0.497 e. The molecule has 6 nitrogen and oxygen atoms in total. The van der Waals surface area contributed by atoms with Crippen LogP contribution in [0.25, 0.3) is 65.9 Å². The summed E-state index contributed by atoms with van der Waals surface area (Å²) in [5.74, 6) is 1.73. The van der Waals surface area contributed by atoms with Crippen molar-refractivity contribution in [2.45, 2.75) is 27.7 Å². The number of hydrogen-bond acceptors (Lipinski definition) is 4. The highest BCUT2D eigenvalue weighted by molar-refractivity contribution is 6.85. The van der Waals surface area contributed by atoms with E-state index in [1.807, 2.05) is 0 Å². The average Bonchev–Trinajstić information content (AvgIpc) is 3.94. The Labute approximate surface area is 325 Å². The topological polar surface area (TPSA) is 34.8 Å². The Hall–Kier alpha value is -6.53. The molecule has 0 fully saturated rings. The average molecular weight is 722 g/mol. The first-order chi connectivity index (χ1) is 27.4. The maximum Gasteiger partial charge on any atom is 0.421 e. The fraction of sp³-hybridized carbons (Fsp3) is 0.125. The molecule has 0 unspecified atom stereocenters. The highest BCUT2D eigenvalue weighted by Crippen LogP contribution is 2.61. The van der Waals surface area contributed by atoms with Crippen LogP contribution in [0.1, 0.15) is 22.3 Å². The Bertz CT molecular complexity index is 3100. The van der Waals surface area contributed by atoms with Gasteiger partial charge in [0.15, 0.2) is 0 Å². The summed E-state index contributed by atoms with van der Waals surface area (Å²) in [6.45, 7) is 8.90. The second kappa shape index (κ2) is 10.2. The van der Waals surface area contributed by atoms with Crippen LogP contribution in [-0.2, 0) is 0 Å². The molecule has 9 aromatic rings. The molecular weight excluding hydrogens is 686 g/mol. The molecule has 266 valence electrons. The lowest BCUT2D eigenvalue weighted by atomic mass is 9.60. The molecule has 0 spiro atoms. The quantitative estimate of drug-likeness (QED) is 0.167. The van der Waals surface area contributed by atoms with Crippen LogP contribution in [0.15, 0.2) is 109 Å². The van der Waals surface area contributed by atoms with Crippen LogP contribution in [0.3, 0.4) is 0 Å². The van der Waals surface area contributed by atoms with Crippen LogP contribution in [0, 0.1) is 27.7 Å². The number of hydrogen-bond donors (Lipinski definition) is 0. The highest BCUT2D eigenvalue weighted by Gasteiger charge is 2.52. The number of methoxy groups -OCH3 is 2. The Kier molecular flexibility index (Phi) is 5.60. The summed E-state index contributed by atoms with van der Waals surface area (Å²) in [6, 6.07) is 41.1. The summed E-state index contributed by atoms with van der Waals surface area (Å²) in [5.41, 5.74) is 22.8. The van der Waals surface area contributed by atoms with Gasteiger partial charge in [-0.2, -0.15) is 0 Å². The maximum absolute atomic E-state index is 5.86. The predicted molar refractivity (Wildman–Crippen MR) is 234 cm³/mol. The van der Waals surface area contributed by atoms with Crippen LogP contribution in [0.5, 0.6) is 11.5 Å². The minimum Gasteiger partial charge on any atom is -0.497 e. The van der Waals surface area contributed by atoms with E-state index in [1.165, 1.54) is 122 Å². The van der Waals surface area contributed by atoms with Crippen molar-refractivity contribution in [2.24, 2.45) is 0 Å². The molecule has 0 aliphatic carbocycles. The lowest BCUT2D eigenvalue weighted by Crippen LogP contribution is -2.51. The van der Waals surface area contributed by atoms with E-state index in [0.717, 1.165) is 11.5 Å². The lowest BCUT2D eigenvalue weighted by Gasteiger charge is -2.36. The van der Waals surface area contributed by atoms with Crippen LogP contribution in [-0.4, -0.2) is 37.1 Å². The molecule has 0 radical (unpaired) electrons. The van der Waals surface area contributed by atoms with Crippen molar-refractivity contribution < 1.29 is 9.47 Å². The van der Waals surface area contributed by atoms with Gasteiger partial charge in [-0.15, -0.1) is 0 Å². The number of nitrogens with zero attached hydrogens (tertiary/aromatic N) is 4. The number of fused-ring (bicyclic) bond motifs is 24. The van der Waals surface area contributed by atoms with E-state index in [-0.39, 0.29) is 14.0 Å². The molecule has 0 amide bonds. The molecule has 56 heavy (non-hydrogen) atoms. The molecule has 4 aliphatic heterocycles. The second-order valence-corrected chi connectivity index (χ2v) is 16.2. The zero-order valence-corrected chi connectivity index (χ0v) is 32.2. The van der Waals surface area contributed by atoms with Crippen molar-refractivity contribution in [1.82, 2.24) is 8.96 Å². The van der Waals surface area contributed by atoms with Gasteiger partial charge >= 0.3 is 14.0 Å². The molecule has 13 rings (SSSR count). The third-order valence-corrected chi connectivity index (χ3v) is 13.6. The predicted octanol–water partition coefficient (Wildman–Crippen LogP) is 9.90. The molecule has 0 saturated carbocycles. The first-order valence-corrected chi connectivity index (χ1v) is 19.6. The van der Waals surface area contributed by atoms with E-state index in [1.54, 1.807) is 14.2 Å². The van der Waals surface area contributed by atoms with Gasteiger partial charge in [-0.3, -0.25) is 0 Å². The fourth-order valence-electron chi connectivity index (χ4n) is 10.9. The van der Waals surface area contributed by atoms with Gasteiger partial charge in [0, 0.05) is 55.1 Å². The van der Waals surface area contributed by atoms with E-state index >= 15 is 0 Å². The van der Waals surface area contributed by atoms with Gasteiger partial charge in [-0.25, -0.2) is 0 Å². The molecule has 4 aliphatic rings. The van der Waals surface area contributed by atoms with Crippen molar-refractivity contribution >= 4 is 91.3 Å². The molecule has 7 aromatic carbocycles. The lowest BCUT2D eigenvalue weighted by molar-refractivity contribution is 0.415. The Balaban J connectivity index is 1.29. The van der Waals surface area contributed by atoms with E-state index in [2.05, 4.69) is 155 Å². The third-order valence-electron chi connectivity index (χ3n) is 13.6. The maximum atomic E-state index is 5.86. The number of anilines is 4. The van der Waals surface area contributed by atoms with E-state index in [0.29, 0.717) is 0 Å². The minimum absolute atomic E-state index is 0.0681. The standard InChI is InChI=1S/C48H36B2N4O2/c1-25-19-35-41(21-27(25)3)53-47-43(35)45-48-44(46(47)52-40-18-16-30(56-6)24-34(40)31-11-7-9-13-37(31)49(52)53)36-20-26(2)28(4)22-42(36)54(48)50-38-14-10-8-12-32(38)33-23-29(55-5)15-17-39(33)51(45)50/h7-24H,1-6H3. The Morgan fingerprint density at radius 2 is 0.857 bits per heavy atom. The van der Waals surface area contributed by atoms with Crippen LogP contribution in [0.2, 0.25) is 0 Å². The molecule has 2 aromatic heterocycles. The number of aryl methyl sites for hydroxylation is 4. The fourth-order valence-corrected chi connectivity index (χ4v) is 10.9. The first kappa shape index (κ1) is 30.8. The number of aromatic nitrogens is 2. The molecule has 0 atom stereocenters.